The minimum absolute atomic E-state index is 0.260. The van der Waals surface area contributed by atoms with Gasteiger partial charge >= 0.3 is 11.9 Å². The number of benzene rings is 2. The number of methoxy groups -OCH3 is 1. The van der Waals surface area contributed by atoms with E-state index in [-0.39, 0.29) is 5.92 Å². The average molecular weight is 355 g/mol. The molecule has 0 saturated carbocycles. The molecule has 0 aromatic heterocycles. The number of carbonyl (C=O) groups is 2. The Hall–Kier alpha value is -2.86. The van der Waals surface area contributed by atoms with Gasteiger partial charge in [-0.2, -0.15) is 0 Å². The molecule has 0 aliphatic carbocycles. The number of aliphatic carboxylic acids is 1. The van der Waals surface area contributed by atoms with Gasteiger partial charge in [-0.15, -0.1) is 0 Å². The minimum Gasteiger partial charge on any atom is -0.481 e. The SMILES string of the molecule is COC(=O)C(Oc1ccc(CN2CC(C(=O)O)C2)cc1)c1ccccc1. The zero-order valence-corrected chi connectivity index (χ0v) is 14.5. The Morgan fingerprint density at radius 1 is 1.12 bits per heavy atom. The lowest BCUT2D eigenvalue weighted by atomic mass is 9.99. The predicted octanol–water partition coefficient (Wildman–Crippen LogP) is 2.50. The molecule has 1 N–H and O–H groups in total. The van der Waals surface area contributed by atoms with Crippen molar-refractivity contribution >= 4 is 11.9 Å². The number of esters is 1. The van der Waals surface area contributed by atoms with Gasteiger partial charge in [-0.1, -0.05) is 42.5 Å². The van der Waals surface area contributed by atoms with Gasteiger partial charge in [0.1, 0.15) is 5.75 Å². The molecule has 0 spiro atoms. The largest absolute Gasteiger partial charge is 0.481 e. The standard InChI is InChI=1S/C20H21NO5/c1-25-20(24)18(15-5-3-2-4-6-15)26-17-9-7-14(8-10-17)11-21-12-16(13-21)19(22)23/h2-10,16,18H,11-13H2,1H3,(H,22,23). The number of ether oxygens (including phenoxy) is 2. The zero-order valence-electron chi connectivity index (χ0n) is 14.5. The first-order valence-electron chi connectivity index (χ1n) is 8.40. The zero-order chi connectivity index (χ0) is 18.5. The van der Waals surface area contributed by atoms with Crippen LogP contribution in [0, 0.1) is 5.92 Å². The number of carbonyl (C=O) groups excluding carboxylic acids is 1. The summed E-state index contributed by atoms with van der Waals surface area (Å²) in [5.74, 6) is -0.885. The molecule has 1 heterocycles. The van der Waals surface area contributed by atoms with E-state index in [2.05, 4.69) is 4.90 Å². The Kier molecular flexibility index (Phi) is 5.53. The molecule has 1 aliphatic heterocycles. The molecule has 1 saturated heterocycles. The highest BCUT2D eigenvalue weighted by Gasteiger charge is 2.32. The molecule has 1 unspecified atom stereocenters. The van der Waals surface area contributed by atoms with E-state index >= 15 is 0 Å². The van der Waals surface area contributed by atoms with Gasteiger partial charge in [0.2, 0.25) is 6.10 Å². The van der Waals surface area contributed by atoms with Gasteiger partial charge in [0.05, 0.1) is 13.0 Å². The van der Waals surface area contributed by atoms with Crippen LogP contribution in [0.3, 0.4) is 0 Å². The molecule has 6 nitrogen and oxygen atoms in total. The molecule has 0 amide bonds. The first-order chi connectivity index (χ1) is 12.6. The van der Waals surface area contributed by atoms with Crippen molar-refractivity contribution in [1.82, 2.24) is 4.90 Å². The van der Waals surface area contributed by atoms with Crippen LogP contribution in [-0.4, -0.2) is 42.1 Å². The molecule has 2 aromatic rings. The van der Waals surface area contributed by atoms with E-state index < -0.39 is 18.0 Å². The number of carboxylic acid groups (broad SMARTS) is 1. The highest BCUT2D eigenvalue weighted by atomic mass is 16.6. The Balaban J connectivity index is 1.62. The van der Waals surface area contributed by atoms with Crippen molar-refractivity contribution in [2.45, 2.75) is 12.6 Å². The van der Waals surface area contributed by atoms with E-state index in [9.17, 15) is 9.59 Å². The lowest BCUT2D eigenvalue weighted by molar-refractivity contribution is -0.149. The first kappa shape index (κ1) is 17.9. The third-order valence-corrected chi connectivity index (χ3v) is 4.41. The van der Waals surface area contributed by atoms with Gasteiger partial charge in [-0.05, 0) is 17.7 Å². The third kappa shape index (κ3) is 4.21. The van der Waals surface area contributed by atoms with Gasteiger partial charge in [0, 0.05) is 25.2 Å². The molecule has 0 radical (unpaired) electrons. The molecular formula is C20H21NO5. The summed E-state index contributed by atoms with van der Waals surface area (Å²) in [5.41, 5.74) is 1.79. The van der Waals surface area contributed by atoms with Crippen LogP contribution < -0.4 is 4.74 Å². The molecular weight excluding hydrogens is 334 g/mol. The second-order valence-corrected chi connectivity index (χ2v) is 6.30. The summed E-state index contributed by atoms with van der Waals surface area (Å²) in [7, 11) is 1.34. The fourth-order valence-electron chi connectivity index (χ4n) is 2.91. The van der Waals surface area contributed by atoms with Gasteiger partial charge < -0.3 is 14.6 Å². The van der Waals surface area contributed by atoms with Crippen LogP contribution in [0.15, 0.2) is 54.6 Å². The van der Waals surface area contributed by atoms with Gasteiger partial charge in [-0.25, -0.2) is 4.79 Å². The monoisotopic (exact) mass is 355 g/mol. The fourth-order valence-corrected chi connectivity index (χ4v) is 2.91. The summed E-state index contributed by atoms with van der Waals surface area (Å²) < 4.78 is 10.7. The maximum Gasteiger partial charge on any atom is 0.351 e. The lowest BCUT2D eigenvalue weighted by Gasteiger charge is -2.36. The van der Waals surface area contributed by atoms with Crippen LogP contribution in [0.2, 0.25) is 0 Å². The number of carboxylic acids is 1. The summed E-state index contributed by atoms with van der Waals surface area (Å²) in [4.78, 5) is 25.0. The molecule has 2 aromatic carbocycles. The first-order valence-corrected chi connectivity index (χ1v) is 8.40. The third-order valence-electron chi connectivity index (χ3n) is 4.41. The van der Waals surface area contributed by atoms with Crippen LogP contribution in [0.5, 0.6) is 5.75 Å². The second kappa shape index (κ2) is 8.01. The molecule has 1 aliphatic rings. The van der Waals surface area contributed by atoms with Crippen molar-refractivity contribution in [3.8, 4) is 5.75 Å². The van der Waals surface area contributed by atoms with Crippen LogP contribution in [0.25, 0.3) is 0 Å². The van der Waals surface area contributed by atoms with Crippen molar-refractivity contribution < 1.29 is 24.2 Å². The normalized spacial score (nSPS) is 15.7. The quantitative estimate of drug-likeness (QED) is 0.769. The summed E-state index contributed by atoms with van der Waals surface area (Å²) in [6, 6.07) is 16.6. The van der Waals surface area contributed by atoms with Crippen LogP contribution in [0.4, 0.5) is 0 Å². The van der Waals surface area contributed by atoms with E-state index in [4.69, 9.17) is 14.6 Å². The average Bonchev–Trinajstić information content (AvgIpc) is 2.63. The van der Waals surface area contributed by atoms with Crippen LogP contribution in [0.1, 0.15) is 17.2 Å². The molecule has 26 heavy (non-hydrogen) atoms. The smallest absolute Gasteiger partial charge is 0.351 e. The van der Waals surface area contributed by atoms with Crippen molar-refractivity contribution in [3.05, 3.63) is 65.7 Å². The van der Waals surface area contributed by atoms with E-state index in [1.807, 2.05) is 54.6 Å². The molecule has 3 rings (SSSR count). The summed E-state index contributed by atoms with van der Waals surface area (Å²) in [6.45, 7) is 1.85. The van der Waals surface area contributed by atoms with Crippen molar-refractivity contribution in [2.24, 2.45) is 5.92 Å². The number of hydrogen-bond donors (Lipinski definition) is 1. The van der Waals surface area contributed by atoms with Crippen LogP contribution in [-0.2, 0) is 20.9 Å². The minimum atomic E-state index is -0.821. The van der Waals surface area contributed by atoms with E-state index in [0.717, 1.165) is 11.1 Å². The summed E-state index contributed by atoms with van der Waals surface area (Å²) in [6.07, 6.45) is -0.821. The topological polar surface area (TPSA) is 76.1 Å². The fraction of sp³-hybridized carbons (Fsp3) is 0.300. The summed E-state index contributed by atoms with van der Waals surface area (Å²) >= 11 is 0. The Morgan fingerprint density at radius 3 is 2.35 bits per heavy atom. The highest BCUT2D eigenvalue weighted by molar-refractivity contribution is 5.76. The maximum absolute atomic E-state index is 12.1. The predicted molar refractivity (Wildman–Crippen MR) is 94.7 cm³/mol. The van der Waals surface area contributed by atoms with Crippen molar-refractivity contribution in [2.75, 3.05) is 20.2 Å². The molecule has 6 heteroatoms. The van der Waals surface area contributed by atoms with Gasteiger partial charge in [-0.3, -0.25) is 9.69 Å². The number of likely N-dealkylation sites (tertiary alicyclic amines) is 1. The number of nitrogens with zero attached hydrogens (tertiary/aromatic N) is 1. The number of hydrogen-bond acceptors (Lipinski definition) is 5. The Bertz CT molecular complexity index is 754. The van der Waals surface area contributed by atoms with Crippen molar-refractivity contribution in [3.63, 3.8) is 0 Å². The summed E-state index contributed by atoms with van der Waals surface area (Å²) in [5, 5.41) is 8.92. The second-order valence-electron chi connectivity index (χ2n) is 6.30. The Morgan fingerprint density at radius 2 is 1.77 bits per heavy atom. The molecule has 1 atom stereocenters. The van der Waals surface area contributed by atoms with E-state index in [0.29, 0.717) is 25.4 Å². The molecule has 0 bridgehead atoms. The van der Waals surface area contributed by atoms with E-state index in [1.54, 1.807) is 0 Å². The van der Waals surface area contributed by atoms with Gasteiger partial charge in [0.25, 0.3) is 0 Å². The van der Waals surface area contributed by atoms with Gasteiger partial charge in [0.15, 0.2) is 0 Å². The van der Waals surface area contributed by atoms with E-state index in [1.165, 1.54) is 7.11 Å². The Labute approximate surface area is 152 Å². The molecule has 136 valence electrons. The maximum atomic E-state index is 12.1. The van der Waals surface area contributed by atoms with Crippen molar-refractivity contribution in [1.29, 1.82) is 0 Å². The molecule has 1 fully saturated rings. The lowest BCUT2D eigenvalue weighted by Crippen LogP contribution is -2.49. The van der Waals surface area contributed by atoms with Crippen LogP contribution >= 0.6 is 0 Å². The number of rotatable bonds is 7. The highest BCUT2D eigenvalue weighted by Crippen LogP contribution is 2.25.